The number of thiophene rings is 1. The van der Waals surface area contributed by atoms with Crippen molar-refractivity contribution in [3.8, 4) is 11.6 Å². The third-order valence-corrected chi connectivity index (χ3v) is 3.78. The molecule has 0 fully saturated rings. The zero-order valence-electron chi connectivity index (χ0n) is 10.3. The van der Waals surface area contributed by atoms with Gasteiger partial charge in [0.1, 0.15) is 10.6 Å². The van der Waals surface area contributed by atoms with Crippen LogP contribution in [0.5, 0.6) is 11.6 Å². The molecule has 3 aromatic rings. The summed E-state index contributed by atoms with van der Waals surface area (Å²) in [6.07, 6.45) is 1.01. The van der Waals surface area contributed by atoms with Crippen molar-refractivity contribution in [1.29, 1.82) is 0 Å². The highest BCUT2D eigenvalue weighted by molar-refractivity contribution is 7.16. The molecule has 0 amide bonds. The molecule has 1 aromatic carbocycles. The number of hydrogen-bond donors (Lipinski definition) is 0. The van der Waals surface area contributed by atoms with Crippen LogP contribution in [0.3, 0.4) is 0 Å². The third-order valence-electron chi connectivity index (χ3n) is 2.81. The number of benzene rings is 1. The van der Waals surface area contributed by atoms with Gasteiger partial charge < -0.3 is 4.74 Å². The second kappa shape index (κ2) is 5.15. The van der Waals surface area contributed by atoms with Gasteiger partial charge >= 0.3 is 0 Å². The molecule has 0 aliphatic heterocycles. The molecular formula is C14H11ClN2OS. The van der Waals surface area contributed by atoms with Gasteiger partial charge in [-0.3, -0.25) is 0 Å². The minimum Gasteiger partial charge on any atom is -0.438 e. The van der Waals surface area contributed by atoms with Crippen molar-refractivity contribution in [2.24, 2.45) is 0 Å². The molecule has 0 N–H and O–H groups in total. The van der Waals surface area contributed by atoms with Crippen LogP contribution in [0.2, 0.25) is 5.28 Å². The first-order valence-electron chi connectivity index (χ1n) is 5.94. The number of aromatic nitrogens is 2. The van der Waals surface area contributed by atoms with Crippen LogP contribution >= 0.6 is 22.9 Å². The number of ether oxygens (including phenoxy) is 1. The molecule has 2 heterocycles. The molecule has 0 unspecified atom stereocenters. The van der Waals surface area contributed by atoms with E-state index in [0.29, 0.717) is 5.88 Å². The van der Waals surface area contributed by atoms with Crippen LogP contribution in [0.4, 0.5) is 0 Å². The van der Waals surface area contributed by atoms with Gasteiger partial charge in [0, 0.05) is 0 Å². The molecule has 3 nitrogen and oxygen atoms in total. The molecule has 0 atom stereocenters. The summed E-state index contributed by atoms with van der Waals surface area (Å²) in [5.74, 6) is 1.25. The van der Waals surface area contributed by atoms with Gasteiger partial charge in [-0.25, -0.2) is 4.98 Å². The van der Waals surface area contributed by atoms with E-state index < -0.39 is 0 Å². The maximum Gasteiger partial charge on any atom is 0.232 e. The molecule has 5 heteroatoms. The van der Waals surface area contributed by atoms with Crippen molar-refractivity contribution in [1.82, 2.24) is 9.97 Å². The molecule has 0 radical (unpaired) electrons. The molecule has 0 saturated carbocycles. The molecular weight excluding hydrogens is 280 g/mol. The van der Waals surface area contributed by atoms with Gasteiger partial charge in [-0.15, -0.1) is 11.3 Å². The molecule has 19 heavy (non-hydrogen) atoms. The van der Waals surface area contributed by atoms with Crippen molar-refractivity contribution in [3.63, 3.8) is 0 Å². The lowest BCUT2D eigenvalue weighted by Crippen LogP contribution is -1.91. The van der Waals surface area contributed by atoms with E-state index >= 15 is 0 Å². The summed E-state index contributed by atoms with van der Waals surface area (Å²) in [5, 5.41) is 3.03. The Morgan fingerprint density at radius 3 is 2.68 bits per heavy atom. The Hall–Kier alpha value is -1.65. The Labute approximate surface area is 119 Å². The van der Waals surface area contributed by atoms with Crippen molar-refractivity contribution < 1.29 is 4.74 Å². The second-order valence-electron chi connectivity index (χ2n) is 4.04. The standard InChI is InChI=1S/C14H11ClN2OS/c1-2-9-3-5-10(6-4-9)18-12-11-7-8-19-13(11)17-14(15)16-12/h3-8H,2H2,1H3. The zero-order valence-corrected chi connectivity index (χ0v) is 11.8. The molecule has 0 saturated heterocycles. The van der Waals surface area contributed by atoms with Crippen molar-refractivity contribution >= 4 is 33.2 Å². The summed E-state index contributed by atoms with van der Waals surface area (Å²) in [4.78, 5) is 9.14. The van der Waals surface area contributed by atoms with Gasteiger partial charge in [0.25, 0.3) is 0 Å². The Balaban J connectivity index is 1.97. The van der Waals surface area contributed by atoms with Crippen molar-refractivity contribution in [2.75, 3.05) is 0 Å². The monoisotopic (exact) mass is 290 g/mol. The fourth-order valence-corrected chi connectivity index (χ4v) is 2.75. The number of aryl methyl sites for hydroxylation is 1. The van der Waals surface area contributed by atoms with Crippen LogP contribution < -0.4 is 4.74 Å². The third kappa shape index (κ3) is 2.55. The Morgan fingerprint density at radius 2 is 1.95 bits per heavy atom. The van der Waals surface area contributed by atoms with Crippen LogP contribution in [-0.4, -0.2) is 9.97 Å². The predicted octanol–water partition coefficient (Wildman–Crippen LogP) is 4.70. The van der Waals surface area contributed by atoms with E-state index in [4.69, 9.17) is 16.3 Å². The zero-order chi connectivity index (χ0) is 13.2. The summed E-state index contributed by atoms with van der Waals surface area (Å²) >= 11 is 7.42. The number of halogens is 1. The van der Waals surface area contributed by atoms with E-state index in [1.807, 2.05) is 35.7 Å². The maximum atomic E-state index is 5.90. The first-order chi connectivity index (χ1) is 9.26. The van der Waals surface area contributed by atoms with Crippen LogP contribution in [0.15, 0.2) is 35.7 Å². The fourth-order valence-electron chi connectivity index (χ4n) is 1.79. The van der Waals surface area contributed by atoms with E-state index in [9.17, 15) is 0 Å². The average molecular weight is 291 g/mol. The molecule has 96 valence electrons. The minimum atomic E-state index is 0.204. The highest BCUT2D eigenvalue weighted by atomic mass is 35.5. The van der Waals surface area contributed by atoms with Crippen molar-refractivity contribution in [3.05, 3.63) is 46.6 Å². The van der Waals surface area contributed by atoms with Crippen LogP contribution in [0, 0.1) is 0 Å². The van der Waals surface area contributed by atoms with E-state index in [2.05, 4.69) is 16.9 Å². The van der Waals surface area contributed by atoms with Crippen LogP contribution in [0.1, 0.15) is 12.5 Å². The predicted molar refractivity (Wildman–Crippen MR) is 78.3 cm³/mol. The molecule has 0 bridgehead atoms. The number of fused-ring (bicyclic) bond motifs is 1. The average Bonchev–Trinajstić information content (AvgIpc) is 2.88. The largest absolute Gasteiger partial charge is 0.438 e. The fraction of sp³-hybridized carbons (Fsp3) is 0.143. The normalized spacial score (nSPS) is 10.8. The number of rotatable bonds is 3. The SMILES string of the molecule is CCc1ccc(Oc2nc(Cl)nc3sccc23)cc1. The summed E-state index contributed by atoms with van der Waals surface area (Å²) in [6.45, 7) is 2.12. The van der Waals surface area contributed by atoms with E-state index in [-0.39, 0.29) is 5.28 Å². The molecule has 0 aliphatic rings. The van der Waals surface area contributed by atoms with Crippen molar-refractivity contribution in [2.45, 2.75) is 13.3 Å². The highest BCUT2D eigenvalue weighted by Gasteiger charge is 2.09. The van der Waals surface area contributed by atoms with Gasteiger partial charge in [0.15, 0.2) is 0 Å². The van der Waals surface area contributed by atoms with Gasteiger partial charge in [-0.1, -0.05) is 19.1 Å². The Bertz CT molecular complexity index is 709. The number of nitrogens with zero attached hydrogens (tertiary/aromatic N) is 2. The minimum absolute atomic E-state index is 0.204. The Kier molecular flexibility index (Phi) is 3.36. The summed E-state index contributed by atoms with van der Waals surface area (Å²) in [5.41, 5.74) is 1.27. The Morgan fingerprint density at radius 1 is 1.16 bits per heavy atom. The summed E-state index contributed by atoms with van der Waals surface area (Å²) in [7, 11) is 0. The quantitative estimate of drug-likeness (QED) is 0.656. The first kappa shape index (κ1) is 12.4. The maximum absolute atomic E-state index is 5.90. The summed E-state index contributed by atoms with van der Waals surface area (Å²) < 4.78 is 5.80. The van der Waals surface area contributed by atoms with Crippen LogP contribution in [-0.2, 0) is 6.42 Å². The van der Waals surface area contributed by atoms with E-state index in [0.717, 1.165) is 22.4 Å². The number of hydrogen-bond acceptors (Lipinski definition) is 4. The summed E-state index contributed by atoms with van der Waals surface area (Å²) in [6, 6.07) is 9.90. The lowest BCUT2D eigenvalue weighted by molar-refractivity contribution is 0.468. The topological polar surface area (TPSA) is 35.0 Å². The van der Waals surface area contributed by atoms with Gasteiger partial charge in [0.2, 0.25) is 11.2 Å². The second-order valence-corrected chi connectivity index (χ2v) is 5.27. The highest BCUT2D eigenvalue weighted by Crippen LogP contribution is 2.31. The lowest BCUT2D eigenvalue weighted by atomic mass is 10.2. The van der Waals surface area contributed by atoms with E-state index in [1.54, 1.807) is 0 Å². The molecule has 0 aliphatic carbocycles. The molecule has 0 spiro atoms. The van der Waals surface area contributed by atoms with E-state index in [1.165, 1.54) is 16.9 Å². The van der Waals surface area contributed by atoms with Gasteiger partial charge in [-0.2, -0.15) is 4.98 Å². The lowest BCUT2D eigenvalue weighted by Gasteiger charge is -2.06. The smallest absolute Gasteiger partial charge is 0.232 e. The molecule has 2 aromatic heterocycles. The van der Waals surface area contributed by atoms with Gasteiger partial charge in [-0.05, 0) is 47.2 Å². The van der Waals surface area contributed by atoms with Gasteiger partial charge in [0.05, 0.1) is 5.39 Å². The molecule has 3 rings (SSSR count). The van der Waals surface area contributed by atoms with Crippen LogP contribution in [0.25, 0.3) is 10.2 Å². The first-order valence-corrected chi connectivity index (χ1v) is 7.19.